The third-order valence-electron chi connectivity index (χ3n) is 0.726. The molecule has 10 heavy (non-hydrogen) atoms. The summed E-state index contributed by atoms with van der Waals surface area (Å²) in [6.45, 7) is 7.47. The Balaban J connectivity index is 0. The van der Waals surface area contributed by atoms with Crippen molar-refractivity contribution in [2.45, 2.75) is 26.7 Å². The number of hydrogen-bond acceptors (Lipinski definition) is 1. The molecule has 0 spiro atoms. The zero-order chi connectivity index (χ0) is 8.41. The number of nitrogens with one attached hydrogen (secondary N) is 1. The van der Waals surface area contributed by atoms with E-state index in [1.807, 2.05) is 5.32 Å². The molecule has 3 heteroatoms. The molecule has 3 nitrogen and oxygen atoms in total. The predicted molar refractivity (Wildman–Crippen MR) is 41.9 cm³/mol. The quantitative estimate of drug-likeness (QED) is 0.625. The highest BCUT2D eigenvalue weighted by Crippen LogP contribution is 1.76. The molecule has 0 fully saturated rings. The van der Waals surface area contributed by atoms with Gasteiger partial charge in [0, 0.05) is 0 Å². The zero-order valence-electron chi connectivity index (χ0n) is 6.55. The van der Waals surface area contributed by atoms with Crippen LogP contribution in [0.15, 0.2) is 12.8 Å². The lowest BCUT2D eigenvalue weighted by atomic mass is 10.4. The average molecular weight is 145 g/mol. The van der Waals surface area contributed by atoms with Gasteiger partial charge >= 0.3 is 6.09 Å². The van der Waals surface area contributed by atoms with Crippen LogP contribution in [-0.4, -0.2) is 11.2 Å². The molecule has 0 aliphatic rings. The minimum atomic E-state index is -1.08. The second kappa shape index (κ2) is 10.9. The number of unbranched alkanes of at least 4 members (excludes halogenated alkanes) is 1. The summed E-state index contributed by atoms with van der Waals surface area (Å²) in [6.07, 6.45) is 2.66. The van der Waals surface area contributed by atoms with Gasteiger partial charge in [-0.1, -0.05) is 33.3 Å². The van der Waals surface area contributed by atoms with Crippen LogP contribution >= 0.6 is 0 Å². The maximum atomic E-state index is 9.42. The smallest absolute Gasteiger partial charge is 0.408 e. The average Bonchev–Trinajstić information content (AvgIpc) is 1.89. The van der Waals surface area contributed by atoms with E-state index in [-0.39, 0.29) is 0 Å². The van der Waals surface area contributed by atoms with Crippen molar-refractivity contribution in [1.82, 2.24) is 5.32 Å². The fraction of sp³-hybridized carbons (Fsp3) is 0.571. The molecule has 0 aromatic heterocycles. The van der Waals surface area contributed by atoms with Gasteiger partial charge < -0.3 is 5.11 Å². The number of amides is 1. The summed E-state index contributed by atoms with van der Waals surface area (Å²) in [7, 11) is 0. The first kappa shape index (κ1) is 11.8. The van der Waals surface area contributed by atoms with Crippen molar-refractivity contribution in [2.24, 2.45) is 0 Å². The summed E-state index contributed by atoms with van der Waals surface area (Å²) in [6, 6.07) is 0. The standard InChI is InChI=1S/C4H10.C3H5NO2/c1-3-4-2;1-2-4-3(5)6/h3-4H2,1-2H3;2,4H,1H2,(H,5,6). The van der Waals surface area contributed by atoms with Crippen molar-refractivity contribution in [1.29, 1.82) is 0 Å². The Labute approximate surface area is 61.8 Å². The van der Waals surface area contributed by atoms with Crippen LogP contribution in [0.5, 0.6) is 0 Å². The van der Waals surface area contributed by atoms with Crippen molar-refractivity contribution in [2.75, 3.05) is 0 Å². The zero-order valence-corrected chi connectivity index (χ0v) is 6.55. The molecular formula is C7H15NO2. The summed E-state index contributed by atoms with van der Waals surface area (Å²) < 4.78 is 0. The Hall–Kier alpha value is -0.990. The molecule has 0 aliphatic carbocycles. The molecule has 0 heterocycles. The fourth-order valence-corrected chi connectivity index (χ4v) is 0.0873. The summed E-state index contributed by atoms with van der Waals surface area (Å²) >= 11 is 0. The van der Waals surface area contributed by atoms with Crippen molar-refractivity contribution >= 4 is 6.09 Å². The molecular weight excluding hydrogens is 130 g/mol. The van der Waals surface area contributed by atoms with Crippen LogP contribution in [0.25, 0.3) is 0 Å². The molecule has 0 bridgehead atoms. The van der Waals surface area contributed by atoms with E-state index < -0.39 is 6.09 Å². The minimum absolute atomic E-state index is 1.08. The van der Waals surface area contributed by atoms with Crippen molar-refractivity contribution < 1.29 is 9.90 Å². The van der Waals surface area contributed by atoms with Gasteiger partial charge in [-0.05, 0) is 6.20 Å². The van der Waals surface area contributed by atoms with Crippen molar-refractivity contribution in [3.05, 3.63) is 12.8 Å². The van der Waals surface area contributed by atoms with E-state index in [2.05, 4.69) is 20.4 Å². The molecule has 0 aliphatic heterocycles. The topological polar surface area (TPSA) is 49.3 Å². The van der Waals surface area contributed by atoms with E-state index in [0.29, 0.717) is 0 Å². The molecule has 0 rings (SSSR count). The molecule has 2 N–H and O–H groups in total. The Bertz CT molecular complexity index is 89.6. The highest BCUT2D eigenvalue weighted by molar-refractivity contribution is 5.65. The van der Waals surface area contributed by atoms with Gasteiger partial charge in [0.25, 0.3) is 0 Å². The van der Waals surface area contributed by atoms with Crippen LogP contribution in [0.1, 0.15) is 26.7 Å². The molecule has 60 valence electrons. The van der Waals surface area contributed by atoms with Gasteiger partial charge in [0.2, 0.25) is 0 Å². The summed E-state index contributed by atoms with van der Waals surface area (Å²) in [5.74, 6) is 0. The Morgan fingerprint density at radius 3 is 2.00 bits per heavy atom. The van der Waals surface area contributed by atoms with Crippen LogP contribution in [0.3, 0.4) is 0 Å². The molecule has 0 atom stereocenters. The lowest BCUT2D eigenvalue weighted by Gasteiger charge is -1.81. The summed E-state index contributed by atoms with van der Waals surface area (Å²) in [5, 5.41) is 9.62. The molecule has 1 amide bonds. The molecule has 0 aromatic carbocycles. The van der Waals surface area contributed by atoms with E-state index in [9.17, 15) is 4.79 Å². The van der Waals surface area contributed by atoms with Crippen molar-refractivity contribution in [3.63, 3.8) is 0 Å². The third kappa shape index (κ3) is 27.9. The predicted octanol–water partition coefficient (Wildman–Crippen LogP) is 2.20. The maximum Gasteiger partial charge on any atom is 0.408 e. The normalized spacial score (nSPS) is 7.00. The Morgan fingerprint density at radius 1 is 1.60 bits per heavy atom. The van der Waals surface area contributed by atoms with Gasteiger partial charge in [-0.25, -0.2) is 4.79 Å². The first-order valence-electron chi connectivity index (χ1n) is 3.29. The monoisotopic (exact) mass is 145 g/mol. The van der Waals surface area contributed by atoms with Gasteiger partial charge in [-0.3, -0.25) is 5.32 Å². The second-order valence-corrected chi connectivity index (χ2v) is 1.65. The molecule has 0 radical (unpaired) electrons. The van der Waals surface area contributed by atoms with E-state index in [1.165, 1.54) is 12.8 Å². The van der Waals surface area contributed by atoms with Gasteiger partial charge in [-0.2, -0.15) is 0 Å². The van der Waals surface area contributed by atoms with E-state index >= 15 is 0 Å². The van der Waals surface area contributed by atoms with E-state index in [0.717, 1.165) is 6.20 Å². The van der Waals surface area contributed by atoms with E-state index in [4.69, 9.17) is 5.11 Å². The lowest BCUT2D eigenvalue weighted by Crippen LogP contribution is -2.11. The molecule has 0 aromatic rings. The number of hydrogen-bond donors (Lipinski definition) is 2. The van der Waals surface area contributed by atoms with Gasteiger partial charge in [0.05, 0.1) is 0 Å². The lowest BCUT2D eigenvalue weighted by molar-refractivity contribution is 0.198. The maximum absolute atomic E-state index is 9.42. The largest absolute Gasteiger partial charge is 0.465 e. The van der Waals surface area contributed by atoms with Crippen LogP contribution in [-0.2, 0) is 0 Å². The summed E-state index contributed by atoms with van der Waals surface area (Å²) in [4.78, 5) is 9.42. The molecule has 0 saturated carbocycles. The van der Waals surface area contributed by atoms with Crippen LogP contribution in [0.2, 0.25) is 0 Å². The van der Waals surface area contributed by atoms with Gasteiger partial charge in [-0.15, -0.1) is 0 Å². The molecule has 0 unspecified atom stereocenters. The van der Waals surface area contributed by atoms with Crippen LogP contribution in [0.4, 0.5) is 4.79 Å². The van der Waals surface area contributed by atoms with Gasteiger partial charge in [0.15, 0.2) is 0 Å². The Morgan fingerprint density at radius 2 is 2.00 bits per heavy atom. The Kier molecular flexibility index (Phi) is 12.8. The van der Waals surface area contributed by atoms with E-state index in [1.54, 1.807) is 0 Å². The second-order valence-electron chi connectivity index (χ2n) is 1.65. The number of carbonyl (C=O) groups is 1. The number of rotatable bonds is 2. The minimum Gasteiger partial charge on any atom is -0.465 e. The van der Waals surface area contributed by atoms with Crippen LogP contribution < -0.4 is 5.32 Å². The SMILES string of the molecule is C=CNC(=O)O.CCCC. The highest BCUT2D eigenvalue weighted by atomic mass is 16.4. The van der Waals surface area contributed by atoms with Crippen molar-refractivity contribution in [3.8, 4) is 0 Å². The highest BCUT2D eigenvalue weighted by Gasteiger charge is 1.80. The first-order chi connectivity index (χ1) is 4.68. The first-order valence-corrected chi connectivity index (χ1v) is 3.29. The summed E-state index contributed by atoms with van der Waals surface area (Å²) in [5.41, 5.74) is 0. The molecule has 0 saturated heterocycles. The fourth-order valence-electron chi connectivity index (χ4n) is 0.0873. The third-order valence-corrected chi connectivity index (χ3v) is 0.726. The van der Waals surface area contributed by atoms with Gasteiger partial charge in [0.1, 0.15) is 0 Å². The van der Waals surface area contributed by atoms with Crippen LogP contribution in [0, 0.1) is 0 Å². The number of carboxylic acid groups (broad SMARTS) is 1.